The highest BCUT2D eigenvalue weighted by Crippen LogP contribution is 2.18. The fourth-order valence-electron chi connectivity index (χ4n) is 3.00. The molecule has 130 valence electrons. The van der Waals surface area contributed by atoms with Crippen molar-refractivity contribution in [2.24, 2.45) is 5.92 Å². The van der Waals surface area contributed by atoms with Crippen molar-refractivity contribution in [2.75, 3.05) is 25.0 Å². The fraction of sp³-hybridized carbons (Fsp3) is 0.444. The molecule has 0 aromatic carbocycles. The highest BCUT2D eigenvalue weighted by molar-refractivity contribution is 5.76. The number of carbonyl (C=O) groups excluding carboxylic acids is 1. The number of likely N-dealkylation sites (tertiary alicyclic amines) is 1. The summed E-state index contributed by atoms with van der Waals surface area (Å²) in [6, 6.07) is 5.61. The standard InChI is InChI=1S/C18H22N6O/c1-14-9-22-24(12-14)7-5-18(25)23-6-4-16(13-23)11-21-17-3-2-15(8-19)10-20-17/h2-3,9-10,12,16H,4-7,11,13H2,1H3,(H,20,21). The van der Waals surface area contributed by atoms with Crippen LogP contribution in [0.15, 0.2) is 30.7 Å². The molecule has 1 saturated heterocycles. The number of nitriles is 1. The van der Waals surface area contributed by atoms with Gasteiger partial charge in [0, 0.05) is 45.0 Å². The number of nitrogens with zero attached hydrogens (tertiary/aromatic N) is 5. The maximum absolute atomic E-state index is 12.3. The van der Waals surface area contributed by atoms with Crippen LogP contribution in [0.2, 0.25) is 0 Å². The van der Waals surface area contributed by atoms with Crippen molar-refractivity contribution >= 4 is 11.7 Å². The average molecular weight is 338 g/mol. The minimum atomic E-state index is 0.187. The van der Waals surface area contributed by atoms with E-state index in [4.69, 9.17) is 5.26 Å². The molecule has 1 amide bonds. The van der Waals surface area contributed by atoms with Gasteiger partial charge in [0.05, 0.1) is 11.8 Å². The maximum Gasteiger partial charge on any atom is 0.224 e. The molecule has 1 atom stereocenters. The Kier molecular flexibility index (Phi) is 5.29. The minimum absolute atomic E-state index is 0.187. The zero-order valence-electron chi connectivity index (χ0n) is 14.4. The number of carbonyl (C=O) groups is 1. The molecule has 2 aromatic rings. The van der Waals surface area contributed by atoms with E-state index in [9.17, 15) is 4.79 Å². The Balaban J connectivity index is 1.41. The molecule has 1 unspecified atom stereocenters. The van der Waals surface area contributed by atoms with E-state index in [1.807, 2.05) is 28.8 Å². The minimum Gasteiger partial charge on any atom is -0.370 e. The van der Waals surface area contributed by atoms with E-state index in [0.29, 0.717) is 24.4 Å². The lowest BCUT2D eigenvalue weighted by Gasteiger charge is -2.17. The van der Waals surface area contributed by atoms with E-state index >= 15 is 0 Å². The van der Waals surface area contributed by atoms with Gasteiger partial charge >= 0.3 is 0 Å². The lowest BCUT2D eigenvalue weighted by Crippen LogP contribution is -2.30. The van der Waals surface area contributed by atoms with E-state index in [2.05, 4.69) is 21.5 Å². The summed E-state index contributed by atoms with van der Waals surface area (Å²) in [5.74, 6) is 1.37. The second kappa shape index (κ2) is 7.79. The number of nitrogens with one attached hydrogen (secondary N) is 1. The summed E-state index contributed by atoms with van der Waals surface area (Å²) in [5.41, 5.74) is 1.66. The Hall–Kier alpha value is -2.88. The van der Waals surface area contributed by atoms with Crippen LogP contribution >= 0.6 is 0 Å². The molecule has 0 saturated carbocycles. The van der Waals surface area contributed by atoms with Crippen molar-refractivity contribution in [1.82, 2.24) is 19.7 Å². The first-order chi connectivity index (χ1) is 12.1. The van der Waals surface area contributed by atoms with E-state index < -0.39 is 0 Å². The fourth-order valence-corrected chi connectivity index (χ4v) is 3.00. The molecular weight excluding hydrogens is 316 g/mol. The number of amides is 1. The van der Waals surface area contributed by atoms with Crippen LogP contribution in [-0.4, -0.2) is 45.2 Å². The van der Waals surface area contributed by atoms with E-state index in [1.54, 1.807) is 18.5 Å². The summed E-state index contributed by atoms with van der Waals surface area (Å²) >= 11 is 0. The zero-order chi connectivity index (χ0) is 17.6. The number of anilines is 1. The van der Waals surface area contributed by atoms with Crippen LogP contribution in [-0.2, 0) is 11.3 Å². The molecule has 0 radical (unpaired) electrons. The molecule has 3 rings (SSSR count). The van der Waals surface area contributed by atoms with Crippen LogP contribution in [0.4, 0.5) is 5.82 Å². The molecule has 1 aliphatic rings. The number of hydrogen-bond acceptors (Lipinski definition) is 5. The molecule has 0 bridgehead atoms. The molecule has 1 aliphatic heterocycles. The van der Waals surface area contributed by atoms with E-state index in [0.717, 1.165) is 37.4 Å². The predicted molar refractivity (Wildman–Crippen MR) is 93.7 cm³/mol. The lowest BCUT2D eigenvalue weighted by molar-refractivity contribution is -0.130. The number of aryl methyl sites for hydroxylation is 2. The van der Waals surface area contributed by atoms with Gasteiger partial charge in [-0.25, -0.2) is 4.98 Å². The van der Waals surface area contributed by atoms with Crippen LogP contribution in [0, 0.1) is 24.2 Å². The van der Waals surface area contributed by atoms with Crippen LogP contribution in [0.1, 0.15) is 24.0 Å². The molecule has 25 heavy (non-hydrogen) atoms. The molecule has 1 fully saturated rings. The van der Waals surface area contributed by atoms with Gasteiger partial charge < -0.3 is 10.2 Å². The van der Waals surface area contributed by atoms with Crippen molar-refractivity contribution in [3.63, 3.8) is 0 Å². The third-order valence-corrected chi connectivity index (χ3v) is 4.42. The van der Waals surface area contributed by atoms with Gasteiger partial charge in [-0.05, 0) is 37.0 Å². The predicted octanol–water partition coefficient (Wildman–Crippen LogP) is 1.81. The summed E-state index contributed by atoms with van der Waals surface area (Å²) in [5, 5.41) is 16.3. The highest BCUT2D eigenvalue weighted by atomic mass is 16.2. The molecule has 1 N–H and O–H groups in total. The van der Waals surface area contributed by atoms with Crippen molar-refractivity contribution in [1.29, 1.82) is 5.26 Å². The average Bonchev–Trinajstić information content (AvgIpc) is 3.27. The first-order valence-electron chi connectivity index (χ1n) is 8.51. The quantitative estimate of drug-likeness (QED) is 0.868. The number of aromatic nitrogens is 3. The summed E-state index contributed by atoms with van der Waals surface area (Å²) < 4.78 is 1.82. The Labute approximate surface area is 147 Å². The lowest BCUT2D eigenvalue weighted by atomic mass is 10.1. The van der Waals surface area contributed by atoms with E-state index in [1.165, 1.54) is 0 Å². The summed E-state index contributed by atoms with van der Waals surface area (Å²) in [6.07, 6.45) is 6.80. The maximum atomic E-state index is 12.3. The van der Waals surface area contributed by atoms with Gasteiger partial charge in [-0.15, -0.1) is 0 Å². The Morgan fingerprint density at radius 3 is 3.00 bits per heavy atom. The third-order valence-electron chi connectivity index (χ3n) is 4.42. The molecule has 3 heterocycles. The zero-order valence-corrected chi connectivity index (χ0v) is 14.4. The van der Waals surface area contributed by atoms with Gasteiger partial charge in [-0.1, -0.05) is 0 Å². The first kappa shape index (κ1) is 17.0. The van der Waals surface area contributed by atoms with Gasteiger partial charge in [0.25, 0.3) is 0 Å². The normalized spacial score (nSPS) is 16.6. The molecule has 7 nitrogen and oxygen atoms in total. The Morgan fingerprint density at radius 1 is 1.44 bits per heavy atom. The van der Waals surface area contributed by atoms with Crippen molar-refractivity contribution in [3.8, 4) is 6.07 Å². The molecule has 0 spiro atoms. The second-order valence-corrected chi connectivity index (χ2v) is 6.45. The molecule has 2 aromatic heterocycles. The number of rotatable bonds is 6. The Bertz CT molecular complexity index is 761. The largest absolute Gasteiger partial charge is 0.370 e. The van der Waals surface area contributed by atoms with Gasteiger partial charge in [0.2, 0.25) is 5.91 Å². The smallest absolute Gasteiger partial charge is 0.224 e. The van der Waals surface area contributed by atoms with Crippen LogP contribution in [0.25, 0.3) is 0 Å². The van der Waals surface area contributed by atoms with Gasteiger partial charge in [-0.2, -0.15) is 10.4 Å². The summed E-state index contributed by atoms with van der Waals surface area (Å²) in [7, 11) is 0. The molecule has 0 aliphatic carbocycles. The van der Waals surface area contributed by atoms with Gasteiger partial charge in [-0.3, -0.25) is 9.48 Å². The Morgan fingerprint density at radius 2 is 2.32 bits per heavy atom. The topological polar surface area (TPSA) is 86.8 Å². The van der Waals surface area contributed by atoms with Crippen LogP contribution in [0.5, 0.6) is 0 Å². The SMILES string of the molecule is Cc1cnn(CCC(=O)N2CCC(CNc3ccc(C#N)cn3)C2)c1. The third kappa shape index (κ3) is 4.57. The van der Waals surface area contributed by atoms with Crippen LogP contribution in [0.3, 0.4) is 0 Å². The van der Waals surface area contributed by atoms with Crippen molar-refractivity contribution in [3.05, 3.63) is 41.9 Å². The summed E-state index contributed by atoms with van der Waals surface area (Å²) in [6.45, 7) is 4.98. The molecular formula is C18H22N6O. The first-order valence-corrected chi connectivity index (χ1v) is 8.51. The number of pyridine rings is 1. The molecule has 7 heteroatoms. The second-order valence-electron chi connectivity index (χ2n) is 6.45. The number of hydrogen-bond donors (Lipinski definition) is 1. The van der Waals surface area contributed by atoms with Crippen LogP contribution < -0.4 is 5.32 Å². The monoisotopic (exact) mass is 338 g/mol. The highest BCUT2D eigenvalue weighted by Gasteiger charge is 2.25. The van der Waals surface area contributed by atoms with Gasteiger partial charge in [0.1, 0.15) is 11.9 Å². The summed E-state index contributed by atoms with van der Waals surface area (Å²) in [4.78, 5) is 18.5. The van der Waals surface area contributed by atoms with Crippen molar-refractivity contribution in [2.45, 2.75) is 26.3 Å². The van der Waals surface area contributed by atoms with Crippen molar-refractivity contribution < 1.29 is 4.79 Å². The van der Waals surface area contributed by atoms with E-state index in [-0.39, 0.29) is 5.91 Å². The van der Waals surface area contributed by atoms with Gasteiger partial charge in [0.15, 0.2) is 0 Å².